The molecule has 0 aliphatic carbocycles. The van der Waals surface area contributed by atoms with Gasteiger partial charge in [-0.25, -0.2) is 13.1 Å². The van der Waals surface area contributed by atoms with Gasteiger partial charge < -0.3 is 16.0 Å². The van der Waals surface area contributed by atoms with Crippen LogP contribution in [0.5, 0.6) is 0 Å². The monoisotopic (exact) mass is 300 g/mol. The smallest absolute Gasteiger partial charge is 0.242 e. The van der Waals surface area contributed by atoms with Gasteiger partial charge in [0.05, 0.1) is 12.2 Å². The number of amides is 1. The fraction of sp³-hybridized carbons (Fsp3) is 0.417. The average molecular weight is 300 g/mol. The molecule has 8 heteroatoms. The van der Waals surface area contributed by atoms with Crippen molar-refractivity contribution in [2.45, 2.75) is 11.8 Å². The Morgan fingerprint density at radius 3 is 2.60 bits per heavy atom. The molecule has 0 saturated carbocycles. The maximum Gasteiger partial charge on any atom is 0.242 e. The Kier molecular flexibility index (Phi) is 5.34. The first-order valence-electron chi connectivity index (χ1n) is 6.12. The number of nitrogens with two attached hydrogens (primary N) is 1. The molecule has 0 unspecified atom stereocenters. The minimum absolute atomic E-state index is 0.0144. The molecule has 1 aromatic carbocycles. The highest BCUT2D eigenvalue weighted by Crippen LogP contribution is 2.23. The lowest BCUT2D eigenvalue weighted by molar-refractivity contribution is -0.127. The maximum atomic E-state index is 11.9. The van der Waals surface area contributed by atoms with Gasteiger partial charge in [0, 0.05) is 19.3 Å². The molecule has 0 aliphatic rings. The molecule has 0 spiro atoms. The van der Waals surface area contributed by atoms with Crippen molar-refractivity contribution in [1.82, 2.24) is 9.62 Å². The number of carbonyl (C=O) groups excluding carboxylic acids is 1. The zero-order valence-electron chi connectivity index (χ0n) is 11.8. The largest absolute Gasteiger partial charge is 0.399 e. The van der Waals surface area contributed by atoms with Crippen LogP contribution in [-0.4, -0.2) is 46.4 Å². The second-order valence-electron chi connectivity index (χ2n) is 4.22. The summed E-state index contributed by atoms with van der Waals surface area (Å²) in [7, 11) is -0.646. The lowest BCUT2D eigenvalue weighted by atomic mass is 10.3. The number of hydrogen-bond acceptors (Lipinski definition) is 5. The highest BCUT2D eigenvalue weighted by molar-refractivity contribution is 7.89. The predicted octanol–water partition coefficient (Wildman–Crippen LogP) is 0.0671. The van der Waals surface area contributed by atoms with Crippen LogP contribution >= 0.6 is 0 Å². The van der Waals surface area contributed by atoms with Crippen molar-refractivity contribution in [3.05, 3.63) is 18.2 Å². The van der Waals surface area contributed by atoms with Gasteiger partial charge >= 0.3 is 0 Å². The molecule has 0 heterocycles. The van der Waals surface area contributed by atoms with E-state index in [9.17, 15) is 13.2 Å². The van der Waals surface area contributed by atoms with E-state index in [0.717, 1.165) is 0 Å². The molecule has 1 amide bonds. The Morgan fingerprint density at radius 1 is 1.40 bits per heavy atom. The van der Waals surface area contributed by atoms with Crippen LogP contribution in [0, 0.1) is 0 Å². The Hall–Kier alpha value is -1.80. The van der Waals surface area contributed by atoms with E-state index in [4.69, 9.17) is 5.73 Å². The third kappa shape index (κ3) is 3.84. The van der Waals surface area contributed by atoms with Crippen molar-refractivity contribution < 1.29 is 13.2 Å². The molecule has 4 N–H and O–H groups in total. The quantitative estimate of drug-likeness (QED) is 0.645. The van der Waals surface area contributed by atoms with E-state index in [2.05, 4.69) is 10.0 Å². The summed E-state index contributed by atoms with van der Waals surface area (Å²) in [6.07, 6.45) is 0. The fourth-order valence-electron chi connectivity index (χ4n) is 1.50. The summed E-state index contributed by atoms with van der Waals surface area (Å²) in [5, 5.41) is 2.83. The Bertz CT molecular complexity index is 586. The van der Waals surface area contributed by atoms with Crippen molar-refractivity contribution in [3.63, 3.8) is 0 Å². The van der Waals surface area contributed by atoms with Crippen LogP contribution in [-0.2, 0) is 14.8 Å². The minimum atomic E-state index is -3.64. The van der Waals surface area contributed by atoms with E-state index < -0.39 is 10.0 Å². The molecular formula is C12H20N4O3S. The third-order valence-corrected chi connectivity index (χ3v) is 4.35. The van der Waals surface area contributed by atoms with Crippen molar-refractivity contribution in [3.8, 4) is 0 Å². The molecule has 112 valence electrons. The highest BCUT2D eigenvalue weighted by Gasteiger charge is 2.18. The van der Waals surface area contributed by atoms with Gasteiger partial charge in [-0.05, 0) is 32.2 Å². The standard InChI is InChI=1S/C12H20N4O3S/c1-4-16(3)12(17)8-15-10-6-5-9(13)7-11(10)20(18,19)14-2/h5-7,14-15H,4,8,13H2,1-3H3. The first-order valence-corrected chi connectivity index (χ1v) is 7.61. The Balaban J connectivity index is 2.99. The lowest BCUT2D eigenvalue weighted by Gasteiger charge is -2.17. The first kappa shape index (κ1) is 16.3. The van der Waals surface area contributed by atoms with E-state index in [0.29, 0.717) is 17.9 Å². The van der Waals surface area contributed by atoms with E-state index in [1.165, 1.54) is 18.0 Å². The third-order valence-electron chi connectivity index (χ3n) is 2.89. The number of hydrogen-bond donors (Lipinski definition) is 3. The number of sulfonamides is 1. The number of carbonyl (C=O) groups is 1. The topological polar surface area (TPSA) is 105 Å². The molecule has 1 rings (SSSR count). The van der Waals surface area contributed by atoms with E-state index in [1.807, 2.05) is 6.92 Å². The van der Waals surface area contributed by atoms with Crippen LogP contribution in [0.25, 0.3) is 0 Å². The van der Waals surface area contributed by atoms with Crippen molar-refractivity contribution in [1.29, 1.82) is 0 Å². The summed E-state index contributed by atoms with van der Waals surface area (Å²) in [6.45, 7) is 2.46. The van der Waals surface area contributed by atoms with Gasteiger partial charge in [0.25, 0.3) is 0 Å². The van der Waals surface area contributed by atoms with E-state index >= 15 is 0 Å². The zero-order chi connectivity index (χ0) is 15.3. The van der Waals surface area contributed by atoms with Crippen molar-refractivity contribution >= 4 is 27.3 Å². The van der Waals surface area contributed by atoms with Gasteiger partial charge in [0.2, 0.25) is 15.9 Å². The van der Waals surface area contributed by atoms with Gasteiger partial charge in [-0.2, -0.15) is 0 Å². The van der Waals surface area contributed by atoms with Gasteiger partial charge in [0.15, 0.2) is 0 Å². The van der Waals surface area contributed by atoms with Gasteiger partial charge in [-0.3, -0.25) is 4.79 Å². The lowest BCUT2D eigenvalue weighted by Crippen LogP contribution is -2.32. The maximum absolute atomic E-state index is 11.9. The summed E-state index contributed by atoms with van der Waals surface area (Å²) in [6, 6.07) is 4.46. The number of nitrogens with zero attached hydrogens (tertiary/aromatic N) is 1. The van der Waals surface area contributed by atoms with Crippen LogP contribution in [0.4, 0.5) is 11.4 Å². The Morgan fingerprint density at radius 2 is 2.05 bits per heavy atom. The summed E-state index contributed by atoms with van der Waals surface area (Å²) >= 11 is 0. The number of benzene rings is 1. The predicted molar refractivity (Wildman–Crippen MR) is 78.9 cm³/mol. The molecule has 0 fully saturated rings. The summed E-state index contributed by atoms with van der Waals surface area (Å²) in [4.78, 5) is 13.3. The van der Waals surface area contributed by atoms with Crippen LogP contribution in [0.2, 0.25) is 0 Å². The Labute approximate surface area is 119 Å². The number of likely N-dealkylation sites (N-methyl/N-ethyl adjacent to an activating group) is 1. The summed E-state index contributed by atoms with van der Waals surface area (Å²) in [5.74, 6) is -0.128. The summed E-state index contributed by atoms with van der Waals surface area (Å²) in [5.41, 5.74) is 6.28. The second kappa shape index (κ2) is 6.58. The second-order valence-corrected chi connectivity index (χ2v) is 6.08. The molecule has 0 saturated heterocycles. The number of anilines is 2. The van der Waals surface area contributed by atoms with Crippen molar-refractivity contribution in [2.24, 2.45) is 0 Å². The first-order chi connectivity index (χ1) is 9.31. The number of rotatable bonds is 6. The zero-order valence-corrected chi connectivity index (χ0v) is 12.6. The average Bonchev–Trinajstić information content (AvgIpc) is 2.44. The molecule has 7 nitrogen and oxygen atoms in total. The molecule has 0 aromatic heterocycles. The molecule has 1 aromatic rings. The molecule has 20 heavy (non-hydrogen) atoms. The molecular weight excluding hydrogens is 280 g/mol. The van der Waals surface area contributed by atoms with Crippen molar-refractivity contribution in [2.75, 3.05) is 38.2 Å². The van der Waals surface area contributed by atoms with E-state index in [-0.39, 0.29) is 17.3 Å². The molecule has 0 aliphatic heterocycles. The van der Waals surface area contributed by atoms with E-state index in [1.54, 1.807) is 19.2 Å². The normalized spacial score (nSPS) is 11.2. The van der Waals surface area contributed by atoms with Gasteiger partial charge in [-0.1, -0.05) is 0 Å². The fourth-order valence-corrected chi connectivity index (χ4v) is 2.44. The van der Waals surface area contributed by atoms with Crippen LogP contribution in [0.1, 0.15) is 6.92 Å². The highest BCUT2D eigenvalue weighted by atomic mass is 32.2. The van der Waals surface area contributed by atoms with Gasteiger partial charge in [0.1, 0.15) is 4.90 Å². The number of nitrogens with one attached hydrogen (secondary N) is 2. The van der Waals surface area contributed by atoms with Crippen LogP contribution < -0.4 is 15.8 Å². The van der Waals surface area contributed by atoms with Crippen LogP contribution in [0.15, 0.2) is 23.1 Å². The minimum Gasteiger partial charge on any atom is -0.399 e. The van der Waals surface area contributed by atoms with Gasteiger partial charge in [-0.15, -0.1) is 0 Å². The van der Waals surface area contributed by atoms with Crippen LogP contribution in [0.3, 0.4) is 0 Å². The number of nitrogen functional groups attached to an aromatic ring is 1. The molecule has 0 radical (unpaired) electrons. The SMILES string of the molecule is CCN(C)C(=O)CNc1ccc(N)cc1S(=O)(=O)NC. The molecule has 0 atom stereocenters. The summed E-state index contributed by atoms with van der Waals surface area (Å²) < 4.78 is 26.0. The molecule has 0 bridgehead atoms.